The second kappa shape index (κ2) is 5.65. The zero-order valence-corrected chi connectivity index (χ0v) is 10.9. The van der Waals surface area contributed by atoms with Gasteiger partial charge >= 0.3 is 0 Å². The molecule has 98 valence electrons. The van der Waals surface area contributed by atoms with Crippen LogP contribution >= 0.6 is 0 Å². The molecule has 0 fully saturated rings. The van der Waals surface area contributed by atoms with Crippen LogP contribution < -0.4 is 4.74 Å². The Kier molecular flexibility index (Phi) is 3.95. The number of carbonyl (C=O) groups excluding carboxylic acids is 1. The number of benzene rings is 2. The zero-order valence-electron chi connectivity index (χ0n) is 10.9. The van der Waals surface area contributed by atoms with Crippen molar-refractivity contribution in [2.45, 2.75) is 20.5 Å². The van der Waals surface area contributed by atoms with Gasteiger partial charge in [0.05, 0.1) is 0 Å². The number of halogens is 1. The van der Waals surface area contributed by atoms with Crippen LogP contribution in [0, 0.1) is 19.7 Å². The predicted molar refractivity (Wildman–Crippen MR) is 72.0 cm³/mol. The number of hydrogen-bond donors (Lipinski definition) is 0. The van der Waals surface area contributed by atoms with Crippen molar-refractivity contribution in [3.8, 4) is 5.75 Å². The molecule has 0 aromatic heterocycles. The normalized spacial score (nSPS) is 10.3. The van der Waals surface area contributed by atoms with Gasteiger partial charge in [0.25, 0.3) is 0 Å². The summed E-state index contributed by atoms with van der Waals surface area (Å²) in [7, 11) is 0. The fourth-order valence-electron chi connectivity index (χ4n) is 1.93. The fourth-order valence-corrected chi connectivity index (χ4v) is 1.93. The van der Waals surface area contributed by atoms with Gasteiger partial charge in [-0.2, -0.15) is 0 Å². The molecule has 2 rings (SSSR count). The van der Waals surface area contributed by atoms with E-state index in [1.165, 1.54) is 18.2 Å². The second-order valence-corrected chi connectivity index (χ2v) is 4.47. The van der Waals surface area contributed by atoms with Crippen molar-refractivity contribution in [1.29, 1.82) is 0 Å². The molecular weight excluding hydrogens is 243 g/mol. The van der Waals surface area contributed by atoms with Gasteiger partial charge in [0.1, 0.15) is 12.9 Å². The molecule has 0 aliphatic heterocycles. The molecule has 0 bridgehead atoms. The first-order valence-electron chi connectivity index (χ1n) is 6.04. The van der Waals surface area contributed by atoms with E-state index < -0.39 is 5.82 Å². The van der Waals surface area contributed by atoms with Crippen molar-refractivity contribution in [2.75, 3.05) is 0 Å². The zero-order chi connectivity index (χ0) is 13.8. The first-order chi connectivity index (χ1) is 9.11. The Morgan fingerprint density at radius 3 is 2.42 bits per heavy atom. The van der Waals surface area contributed by atoms with Gasteiger partial charge in [-0.1, -0.05) is 18.2 Å². The van der Waals surface area contributed by atoms with Gasteiger partial charge in [0, 0.05) is 5.56 Å². The molecule has 0 radical (unpaired) electrons. The number of ether oxygens (including phenoxy) is 1. The lowest BCUT2D eigenvalue weighted by Gasteiger charge is -2.12. The molecule has 0 saturated carbocycles. The van der Waals surface area contributed by atoms with Crippen molar-refractivity contribution < 1.29 is 13.9 Å². The Morgan fingerprint density at radius 2 is 1.84 bits per heavy atom. The summed E-state index contributed by atoms with van der Waals surface area (Å²) in [5.74, 6) is -0.357. The topological polar surface area (TPSA) is 26.3 Å². The molecule has 2 aromatic carbocycles. The van der Waals surface area contributed by atoms with E-state index in [1.807, 2.05) is 32.0 Å². The van der Waals surface area contributed by atoms with Gasteiger partial charge in [0.15, 0.2) is 11.6 Å². The first-order valence-corrected chi connectivity index (χ1v) is 6.04. The number of aryl methyl sites for hydroxylation is 2. The number of hydrogen-bond acceptors (Lipinski definition) is 2. The summed E-state index contributed by atoms with van der Waals surface area (Å²) < 4.78 is 19.2. The molecule has 0 saturated heterocycles. The van der Waals surface area contributed by atoms with Crippen LogP contribution in [0.5, 0.6) is 5.75 Å². The molecule has 0 spiro atoms. The molecule has 2 aromatic rings. The first kappa shape index (κ1) is 13.3. The quantitative estimate of drug-likeness (QED) is 0.779. The Hall–Kier alpha value is -2.16. The van der Waals surface area contributed by atoms with Crippen LogP contribution in [0.4, 0.5) is 4.39 Å². The summed E-state index contributed by atoms with van der Waals surface area (Å²) in [5.41, 5.74) is 3.59. The lowest BCUT2D eigenvalue weighted by molar-refractivity contribution is 0.112. The van der Waals surface area contributed by atoms with E-state index in [1.54, 1.807) is 0 Å². The highest BCUT2D eigenvalue weighted by Crippen LogP contribution is 2.21. The maximum atomic E-state index is 13.7. The highest BCUT2D eigenvalue weighted by molar-refractivity contribution is 5.74. The summed E-state index contributed by atoms with van der Waals surface area (Å²) in [6.45, 7) is 4.31. The van der Waals surface area contributed by atoms with Crippen LogP contribution in [-0.4, -0.2) is 6.29 Å². The summed E-state index contributed by atoms with van der Waals surface area (Å²) >= 11 is 0. The maximum absolute atomic E-state index is 13.7. The number of aldehydes is 1. The minimum atomic E-state index is -0.518. The second-order valence-electron chi connectivity index (χ2n) is 4.47. The molecule has 3 heteroatoms. The van der Waals surface area contributed by atoms with Crippen LogP contribution in [0.25, 0.3) is 0 Å². The minimum Gasteiger partial charge on any atom is -0.486 e. The summed E-state index contributed by atoms with van der Waals surface area (Å²) in [5, 5.41) is 0. The summed E-state index contributed by atoms with van der Waals surface area (Å²) in [4.78, 5) is 10.5. The monoisotopic (exact) mass is 258 g/mol. The number of rotatable bonds is 4. The van der Waals surface area contributed by atoms with Crippen LogP contribution in [0.2, 0.25) is 0 Å². The van der Waals surface area contributed by atoms with Crippen LogP contribution in [0.3, 0.4) is 0 Å². The fraction of sp³-hybridized carbons (Fsp3) is 0.188. The molecule has 0 aliphatic rings. The minimum absolute atomic E-state index is 0.160. The smallest absolute Gasteiger partial charge is 0.165 e. The Morgan fingerprint density at radius 1 is 1.16 bits per heavy atom. The third-order valence-corrected chi connectivity index (χ3v) is 3.11. The van der Waals surface area contributed by atoms with Crippen LogP contribution in [0.15, 0.2) is 36.4 Å². The van der Waals surface area contributed by atoms with Crippen molar-refractivity contribution >= 4 is 6.29 Å². The van der Waals surface area contributed by atoms with Crippen LogP contribution in [0.1, 0.15) is 27.0 Å². The standard InChI is InChI=1S/C16H15FO2/c1-11-4-3-5-12(2)14(11)10-19-16-7-6-13(9-18)8-15(16)17/h3-9H,10H2,1-2H3. The molecule has 0 atom stereocenters. The van der Waals surface area contributed by atoms with Gasteiger partial charge in [-0.05, 0) is 48.7 Å². The van der Waals surface area contributed by atoms with Gasteiger partial charge in [-0.15, -0.1) is 0 Å². The summed E-state index contributed by atoms with van der Waals surface area (Å²) in [6, 6.07) is 10.2. The molecular formula is C16H15FO2. The van der Waals surface area contributed by atoms with Gasteiger partial charge in [-0.3, -0.25) is 4.79 Å². The maximum Gasteiger partial charge on any atom is 0.165 e. The Labute approximate surface area is 111 Å². The van der Waals surface area contributed by atoms with Gasteiger partial charge in [0.2, 0.25) is 0 Å². The molecule has 19 heavy (non-hydrogen) atoms. The largest absolute Gasteiger partial charge is 0.486 e. The van der Waals surface area contributed by atoms with Crippen molar-refractivity contribution in [2.24, 2.45) is 0 Å². The average Bonchev–Trinajstić information content (AvgIpc) is 2.39. The van der Waals surface area contributed by atoms with E-state index in [0.717, 1.165) is 16.7 Å². The molecule has 2 nitrogen and oxygen atoms in total. The molecule has 0 heterocycles. The van der Waals surface area contributed by atoms with E-state index >= 15 is 0 Å². The third-order valence-electron chi connectivity index (χ3n) is 3.11. The lowest BCUT2D eigenvalue weighted by Crippen LogP contribution is -2.02. The molecule has 0 N–H and O–H groups in total. The van der Waals surface area contributed by atoms with Gasteiger partial charge < -0.3 is 4.74 Å². The van der Waals surface area contributed by atoms with E-state index in [0.29, 0.717) is 18.5 Å². The molecule has 0 amide bonds. The lowest BCUT2D eigenvalue weighted by atomic mass is 10.0. The summed E-state index contributed by atoms with van der Waals surface area (Å²) in [6.07, 6.45) is 0.609. The van der Waals surface area contributed by atoms with Crippen molar-refractivity contribution in [1.82, 2.24) is 0 Å². The van der Waals surface area contributed by atoms with E-state index in [2.05, 4.69) is 0 Å². The van der Waals surface area contributed by atoms with Gasteiger partial charge in [-0.25, -0.2) is 4.39 Å². The van der Waals surface area contributed by atoms with E-state index in [9.17, 15) is 9.18 Å². The highest BCUT2D eigenvalue weighted by atomic mass is 19.1. The van der Waals surface area contributed by atoms with E-state index in [-0.39, 0.29) is 5.75 Å². The van der Waals surface area contributed by atoms with E-state index in [4.69, 9.17) is 4.74 Å². The third kappa shape index (κ3) is 2.99. The van der Waals surface area contributed by atoms with Crippen molar-refractivity contribution in [3.05, 3.63) is 64.5 Å². The van der Waals surface area contributed by atoms with Crippen molar-refractivity contribution in [3.63, 3.8) is 0 Å². The SMILES string of the molecule is Cc1cccc(C)c1COc1ccc(C=O)cc1F. The Bertz CT molecular complexity index is 585. The molecule has 0 aliphatic carbocycles. The highest BCUT2D eigenvalue weighted by Gasteiger charge is 2.07. The Balaban J connectivity index is 2.17. The van der Waals surface area contributed by atoms with Crippen LogP contribution in [-0.2, 0) is 6.61 Å². The number of carbonyl (C=O) groups is 1. The average molecular weight is 258 g/mol. The predicted octanol–water partition coefficient (Wildman–Crippen LogP) is 3.83. The molecule has 0 unspecified atom stereocenters.